The Morgan fingerprint density at radius 1 is 1.10 bits per heavy atom. The third-order valence-electron chi connectivity index (χ3n) is 3.73. The van der Waals surface area contributed by atoms with Gasteiger partial charge in [0.2, 0.25) is 5.91 Å². The maximum absolute atomic E-state index is 12.3. The first-order chi connectivity index (χ1) is 13.6. The summed E-state index contributed by atoms with van der Waals surface area (Å²) in [4.78, 5) is 30.8. The zero-order chi connectivity index (χ0) is 21.9. The highest BCUT2D eigenvalue weighted by Crippen LogP contribution is 2.07. The third kappa shape index (κ3) is 11.1. The molecule has 0 aliphatic heterocycles. The van der Waals surface area contributed by atoms with Gasteiger partial charge in [-0.05, 0) is 59.5 Å². The molecule has 0 saturated heterocycles. The van der Waals surface area contributed by atoms with E-state index in [1.165, 1.54) is 0 Å². The van der Waals surface area contributed by atoms with E-state index in [0.717, 1.165) is 12.1 Å². The lowest BCUT2D eigenvalue weighted by atomic mass is 10.1. The molecule has 29 heavy (non-hydrogen) atoms. The van der Waals surface area contributed by atoms with Gasteiger partial charge in [-0.25, -0.2) is 4.99 Å². The first-order valence-corrected chi connectivity index (χ1v) is 9.95. The molecule has 0 fully saturated rings. The summed E-state index contributed by atoms with van der Waals surface area (Å²) in [5.41, 5.74) is 1.25. The average Bonchev–Trinajstić information content (AvgIpc) is 2.62. The van der Waals surface area contributed by atoms with Gasteiger partial charge in [0.05, 0.1) is 13.1 Å². The second-order valence-electron chi connectivity index (χ2n) is 8.11. The van der Waals surface area contributed by atoms with E-state index in [9.17, 15) is 9.59 Å². The van der Waals surface area contributed by atoms with Gasteiger partial charge in [0, 0.05) is 30.7 Å². The quantitative estimate of drug-likeness (QED) is 0.363. The Balaban J connectivity index is 2.67. The Bertz CT molecular complexity index is 695. The standard InChI is InChI=1S/C21H36N6O2/c1-7-22-20(25-15-18(28)26-21(2,3)4)24-14-16-9-8-10-17(13-16)19(29)23-11-12-27(5)6/h8-10,13H,7,11-12,14-15H2,1-6H3,(H,23,29)(H,26,28)(H2,22,24,25). The van der Waals surface area contributed by atoms with Gasteiger partial charge < -0.3 is 26.2 Å². The molecule has 2 amide bonds. The van der Waals surface area contributed by atoms with Crippen LogP contribution in [0.5, 0.6) is 0 Å². The van der Waals surface area contributed by atoms with Crippen LogP contribution in [0, 0.1) is 0 Å². The lowest BCUT2D eigenvalue weighted by molar-refractivity contribution is -0.121. The van der Waals surface area contributed by atoms with Crippen molar-refractivity contribution in [3.8, 4) is 0 Å². The second kappa shape index (κ2) is 12.1. The molecular weight excluding hydrogens is 368 g/mol. The summed E-state index contributed by atoms with van der Waals surface area (Å²) < 4.78 is 0. The van der Waals surface area contributed by atoms with Crippen LogP contribution >= 0.6 is 0 Å². The van der Waals surface area contributed by atoms with Crippen LogP contribution in [-0.4, -0.2) is 68.5 Å². The van der Waals surface area contributed by atoms with Crippen LogP contribution in [0.4, 0.5) is 0 Å². The molecule has 0 heterocycles. The van der Waals surface area contributed by atoms with Crippen LogP contribution in [0.2, 0.25) is 0 Å². The number of carbonyl (C=O) groups is 2. The minimum atomic E-state index is -0.276. The first-order valence-electron chi connectivity index (χ1n) is 9.95. The van der Waals surface area contributed by atoms with Gasteiger partial charge in [0.1, 0.15) is 0 Å². The number of nitrogens with one attached hydrogen (secondary N) is 4. The van der Waals surface area contributed by atoms with Crippen LogP contribution in [0.25, 0.3) is 0 Å². The molecule has 0 bridgehead atoms. The van der Waals surface area contributed by atoms with Crippen molar-refractivity contribution in [3.05, 3.63) is 35.4 Å². The van der Waals surface area contributed by atoms with E-state index in [1.807, 2.05) is 64.9 Å². The molecule has 0 radical (unpaired) electrons. The highest BCUT2D eigenvalue weighted by atomic mass is 16.2. The van der Waals surface area contributed by atoms with Crippen molar-refractivity contribution >= 4 is 17.8 Å². The van der Waals surface area contributed by atoms with Crippen molar-refractivity contribution in [2.75, 3.05) is 40.3 Å². The predicted octanol–water partition coefficient (Wildman–Crippen LogP) is 0.948. The van der Waals surface area contributed by atoms with Crippen LogP contribution in [0.1, 0.15) is 43.6 Å². The number of rotatable bonds is 9. The van der Waals surface area contributed by atoms with Crippen molar-refractivity contribution < 1.29 is 9.59 Å². The van der Waals surface area contributed by atoms with Gasteiger partial charge in [0.25, 0.3) is 5.91 Å². The lowest BCUT2D eigenvalue weighted by Crippen LogP contribution is -2.48. The molecule has 0 atom stereocenters. The minimum Gasteiger partial charge on any atom is -0.357 e. The van der Waals surface area contributed by atoms with E-state index in [1.54, 1.807) is 6.07 Å². The number of guanidine groups is 1. The molecule has 8 nitrogen and oxygen atoms in total. The highest BCUT2D eigenvalue weighted by molar-refractivity contribution is 5.94. The van der Waals surface area contributed by atoms with Gasteiger partial charge in [-0.3, -0.25) is 9.59 Å². The first kappa shape index (κ1) is 24.4. The molecule has 0 saturated carbocycles. The fourth-order valence-corrected chi connectivity index (χ4v) is 2.44. The molecule has 0 aliphatic rings. The van der Waals surface area contributed by atoms with E-state index < -0.39 is 0 Å². The van der Waals surface area contributed by atoms with E-state index in [-0.39, 0.29) is 23.9 Å². The van der Waals surface area contributed by atoms with Gasteiger partial charge in [-0.2, -0.15) is 0 Å². The molecule has 0 spiro atoms. The summed E-state index contributed by atoms with van der Waals surface area (Å²) in [7, 11) is 3.93. The summed E-state index contributed by atoms with van der Waals surface area (Å²) >= 11 is 0. The monoisotopic (exact) mass is 404 g/mol. The molecule has 8 heteroatoms. The van der Waals surface area contributed by atoms with Crippen molar-refractivity contribution in [2.24, 2.45) is 4.99 Å². The van der Waals surface area contributed by atoms with Crippen LogP contribution in [-0.2, 0) is 11.3 Å². The Labute approximate surface area is 174 Å². The van der Waals surface area contributed by atoms with Crippen molar-refractivity contribution in [1.29, 1.82) is 0 Å². The molecule has 0 aromatic heterocycles. The van der Waals surface area contributed by atoms with Gasteiger partial charge in [-0.1, -0.05) is 12.1 Å². The van der Waals surface area contributed by atoms with Gasteiger partial charge in [0.15, 0.2) is 5.96 Å². The number of aliphatic imine (C=N–C) groups is 1. The van der Waals surface area contributed by atoms with Gasteiger partial charge in [-0.15, -0.1) is 0 Å². The molecule has 1 rings (SSSR count). The predicted molar refractivity (Wildman–Crippen MR) is 118 cm³/mol. The SMILES string of the molecule is CCNC(=NCc1cccc(C(=O)NCCN(C)C)c1)NCC(=O)NC(C)(C)C. The molecule has 1 aromatic rings. The van der Waals surface area contributed by atoms with Crippen LogP contribution < -0.4 is 21.3 Å². The highest BCUT2D eigenvalue weighted by Gasteiger charge is 2.13. The largest absolute Gasteiger partial charge is 0.357 e. The topological polar surface area (TPSA) is 97.9 Å². The number of hydrogen-bond acceptors (Lipinski definition) is 4. The normalized spacial score (nSPS) is 11.9. The van der Waals surface area contributed by atoms with Gasteiger partial charge >= 0.3 is 0 Å². The van der Waals surface area contributed by atoms with Crippen LogP contribution in [0.3, 0.4) is 0 Å². The number of nitrogens with zero attached hydrogens (tertiary/aromatic N) is 2. The third-order valence-corrected chi connectivity index (χ3v) is 3.73. The molecule has 4 N–H and O–H groups in total. The summed E-state index contributed by atoms with van der Waals surface area (Å²) in [6.07, 6.45) is 0. The van der Waals surface area contributed by atoms with Crippen molar-refractivity contribution in [3.63, 3.8) is 0 Å². The smallest absolute Gasteiger partial charge is 0.251 e. The Morgan fingerprint density at radius 3 is 2.45 bits per heavy atom. The van der Waals surface area contributed by atoms with Crippen molar-refractivity contribution in [2.45, 2.75) is 39.8 Å². The fourth-order valence-electron chi connectivity index (χ4n) is 2.44. The summed E-state index contributed by atoms with van der Waals surface area (Å²) in [5.74, 6) is 0.360. The minimum absolute atomic E-state index is 0.0958. The number of hydrogen-bond donors (Lipinski definition) is 4. The fraction of sp³-hybridized carbons (Fsp3) is 0.571. The zero-order valence-corrected chi connectivity index (χ0v) is 18.6. The average molecular weight is 405 g/mol. The molecule has 162 valence electrons. The molecule has 1 aromatic carbocycles. The second-order valence-corrected chi connectivity index (χ2v) is 8.11. The summed E-state index contributed by atoms with van der Waals surface area (Å²) in [5, 5.41) is 12.0. The molecule has 0 unspecified atom stereocenters. The van der Waals surface area contributed by atoms with E-state index >= 15 is 0 Å². The number of likely N-dealkylation sites (N-methyl/N-ethyl adjacent to an activating group) is 1. The molecular formula is C21H36N6O2. The Hall–Kier alpha value is -2.61. The summed E-state index contributed by atoms with van der Waals surface area (Å²) in [6.45, 7) is 10.4. The lowest BCUT2D eigenvalue weighted by Gasteiger charge is -2.21. The number of amides is 2. The summed E-state index contributed by atoms with van der Waals surface area (Å²) in [6, 6.07) is 7.40. The van der Waals surface area contributed by atoms with E-state index in [0.29, 0.717) is 31.2 Å². The molecule has 0 aliphatic carbocycles. The van der Waals surface area contributed by atoms with Crippen LogP contribution in [0.15, 0.2) is 29.3 Å². The van der Waals surface area contributed by atoms with Crippen molar-refractivity contribution in [1.82, 2.24) is 26.2 Å². The Kier molecular flexibility index (Phi) is 10.2. The van der Waals surface area contributed by atoms with E-state index in [2.05, 4.69) is 26.3 Å². The Morgan fingerprint density at radius 2 is 1.83 bits per heavy atom. The maximum atomic E-state index is 12.3. The number of benzene rings is 1. The van der Waals surface area contributed by atoms with E-state index in [4.69, 9.17) is 0 Å². The number of carbonyl (C=O) groups excluding carboxylic acids is 2. The maximum Gasteiger partial charge on any atom is 0.251 e. The zero-order valence-electron chi connectivity index (χ0n) is 18.6.